The van der Waals surface area contributed by atoms with E-state index < -0.39 is 41.5 Å². The van der Waals surface area contributed by atoms with Crippen LogP contribution >= 0.6 is 11.3 Å². The molecule has 0 saturated carbocycles. The first-order chi connectivity index (χ1) is 15.6. The van der Waals surface area contributed by atoms with Gasteiger partial charge in [0.25, 0.3) is 11.8 Å². The Morgan fingerprint density at radius 2 is 2.00 bits per heavy atom. The second-order valence-corrected chi connectivity index (χ2v) is 8.79. The summed E-state index contributed by atoms with van der Waals surface area (Å²) in [6, 6.07) is 2.96. The molecule has 0 radical (unpaired) electrons. The van der Waals surface area contributed by atoms with E-state index in [2.05, 4.69) is 10.1 Å². The summed E-state index contributed by atoms with van der Waals surface area (Å²) in [4.78, 5) is 38.7. The third-order valence-electron chi connectivity index (χ3n) is 4.71. The van der Waals surface area contributed by atoms with E-state index in [1.807, 2.05) is 0 Å². The van der Waals surface area contributed by atoms with E-state index in [1.54, 1.807) is 6.92 Å². The summed E-state index contributed by atoms with van der Waals surface area (Å²) < 4.78 is 55.9. The largest absolute Gasteiger partial charge is 0.490 e. The van der Waals surface area contributed by atoms with Crippen molar-refractivity contribution in [2.24, 2.45) is 0 Å². The number of amides is 3. The SMILES string of the molecule is CCOc1cc([C@@H](CCS(=O)O)N2C(=O)c3csc(NC(C)=O)c3C2=O)ccc1OC(F)F. The third kappa shape index (κ3) is 5.37. The van der Waals surface area contributed by atoms with Crippen molar-refractivity contribution in [1.82, 2.24) is 4.90 Å². The lowest BCUT2D eigenvalue weighted by Gasteiger charge is -2.27. The number of hydrogen-bond acceptors (Lipinski definition) is 7. The maximum Gasteiger partial charge on any atom is 0.387 e. The van der Waals surface area contributed by atoms with Crippen LogP contribution in [0, 0.1) is 0 Å². The number of carbonyl (C=O) groups is 3. The number of carbonyl (C=O) groups excluding carboxylic acids is 3. The molecule has 1 aliphatic heterocycles. The first-order valence-corrected chi connectivity index (χ1v) is 11.9. The lowest BCUT2D eigenvalue weighted by Crippen LogP contribution is -2.35. The number of halogens is 2. The molecule has 2 atom stereocenters. The Hall–Kier alpha value is -2.90. The molecule has 3 rings (SSSR count). The lowest BCUT2D eigenvalue weighted by molar-refractivity contribution is -0.114. The highest BCUT2D eigenvalue weighted by Gasteiger charge is 2.43. The maximum absolute atomic E-state index is 13.2. The molecule has 3 amide bonds. The van der Waals surface area contributed by atoms with Crippen LogP contribution in [0.15, 0.2) is 23.6 Å². The number of nitrogens with zero attached hydrogens (tertiary/aromatic N) is 1. The Morgan fingerprint density at radius 3 is 2.61 bits per heavy atom. The summed E-state index contributed by atoms with van der Waals surface area (Å²) in [5.74, 6) is -2.25. The van der Waals surface area contributed by atoms with Crippen LogP contribution in [0.2, 0.25) is 0 Å². The van der Waals surface area contributed by atoms with Crippen molar-refractivity contribution in [2.45, 2.75) is 32.9 Å². The summed E-state index contributed by atoms with van der Waals surface area (Å²) >= 11 is -1.18. The molecule has 1 aromatic heterocycles. The van der Waals surface area contributed by atoms with Crippen molar-refractivity contribution >= 4 is 45.1 Å². The van der Waals surface area contributed by atoms with Crippen LogP contribution in [0.3, 0.4) is 0 Å². The summed E-state index contributed by atoms with van der Waals surface area (Å²) in [5.41, 5.74) is 0.465. The van der Waals surface area contributed by atoms with Crippen molar-refractivity contribution in [1.29, 1.82) is 0 Å². The summed E-state index contributed by atoms with van der Waals surface area (Å²) in [6.45, 7) is -0.0528. The zero-order chi connectivity index (χ0) is 24.3. The van der Waals surface area contributed by atoms with Crippen LogP contribution in [0.1, 0.15) is 52.6 Å². The van der Waals surface area contributed by atoms with Crippen molar-refractivity contribution in [2.75, 3.05) is 17.7 Å². The van der Waals surface area contributed by atoms with E-state index in [0.29, 0.717) is 5.56 Å². The molecule has 1 aromatic carbocycles. The van der Waals surface area contributed by atoms with Crippen molar-refractivity contribution in [3.8, 4) is 11.5 Å². The molecule has 9 nitrogen and oxygen atoms in total. The van der Waals surface area contributed by atoms with E-state index in [1.165, 1.54) is 30.5 Å². The van der Waals surface area contributed by atoms with E-state index >= 15 is 0 Å². The van der Waals surface area contributed by atoms with Gasteiger partial charge in [-0.05, 0) is 31.0 Å². The quantitative estimate of drug-likeness (QED) is 0.376. The van der Waals surface area contributed by atoms with Gasteiger partial charge in [-0.1, -0.05) is 6.07 Å². The van der Waals surface area contributed by atoms with E-state index in [4.69, 9.17) is 4.74 Å². The Kier molecular flexibility index (Phi) is 7.76. The number of thiophene rings is 1. The summed E-state index contributed by atoms with van der Waals surface area (Å²) in [5, 5.41) is 4.19. The second kappa shape index (κ2) is 10.4. The molecule has 0 aliphatic carbocycles. The molecule has 178 valence electrons. The summed E-state index contributed by atoms with van der Waals surface area (Å²) in [6.07, 6.45) is -0.0790. The minimum Gasteiger partial charge on any atom is -0.490 e. The summed E-state index contributed by atoms with van der Waals surface area (Å²) in [7, 11) is 0. The Bertz CT molecular complexity index is 1110. The van der Waals surface area contributed by atoms with Gasteiger partial charge < -0.3 is 19.3 Å². The van der Waals surface area contributed by atoms with Gasteiger partial charge in [-0.25, -0.2) is 4.21 Å². The number of alkyl halides is 2. The fourth-order valence-corrected chi connectivity index (χ4v) is 4.85. The number of imide groups is 1. The number of rotatable bonds is 10. The minimum atomic E-state index is -3.09. The number of fused-ring (bicyclic) bond motifs is 1. The number of ether oxygens (including phenoxy) is 2. The molecule has 1 unspecified atom stereocenters. The van der Waals surface area contributed by atoms with E-state index in [9.17, 15) is 31.9 Å². The standard InChI is InChI=1S/C20H20F2N2O7S2/c1-3-30-15-8-11(4-5-14(15)31-20(21)22)13(6-7-33(28)29)24-18(26)12-9-32-17(23-10(2)25)16(12)19(24)27/h4-5,8-9,13,20H,3,6-7H2,1-2H3,(H,23,25)(H,28,29)/t13-/m1/s1. The smallest absolute Gasteiger partial charge is 0.387 e. The highest BCUT2D eigenvalue weighted by atomic mass is 32.2. The van der Waals surface area contributed by atoms with Gasteiger partial charge in [0, 0.05) is 12.3 Å². The van der Waals surface area contributed by atoms with Crippen LogP contribution in [-0.2, 0) is 15.9 Å². The highest BCUT2D eigenvalue weighted by molar-refractivity contribution is 7.79. The number of anilines is 1. The predicted molar refractivity (Wildman–Crippen MR) is 116 cm³/mol. The predicted octanol–water partition coefficient (Wildman–Crippen LogP) is 3.66. The normalized spacial score (nSPS) is 14.9. The Labute approximate surface area is 194 Å². The Morgan fingerprint density at radius 1 is 1.27 bits per heavy atom. The molecule has 0 fully saturated rings. The lowest BCUT2D eigenvalue weighted by atomic mass is 10.0. The van der Waals surface area contributed by atoms with Crippen LogP contribution in [0.25, 0.3) is 0 Å². The third-order valence-corrected chi connectivity index (χ3v) is 6.19. The molecule has 1 aliphatic rings. The average molecular weight is 503 g/mol. The zero-order valence-electron chi connectivity index (χ0n) is 17.5. The Balaban J connectivity index is 2.03. The van der Waals surface area contributed by atoms with Crippen molar-refractivity contribution < 1.29 is 41.4 Å². The molecular formula is C20H20F2N2O7S2. The fourth-order valence-electron chi connectivity index (χ4n) is 3.46. The van der Waals surface area contributed by atoms with Gasteiger partial charge in [-0.15, -0.1) is 11.3 Å². The first-order valence-electron chi connectivity index (χ1n) is 9.70. The monoisotopic (exact) mass is 502 g/mol. The minimum absolute atomic E-state index is 0.0300. The zero-order valence-corrected chi connectivity index (χ0v) is 19.1. The molecular weight excluding hydrogens is 482 g/mol. The molecule has 2 aromatic rings. The van der Waals surface area contributed by atoms with Gasteiger partial charge in [0.15, 0.2) is 22.6 Å². The maximum atomic E-state index is 13.2. The molecule has 33 heavy (non-hydrogen) atoms. The van der Waals surface area contributed by atoms with Gasteiger partial charge >= 0.3 is 6.61 Å². The van der Waals surface area contributed by atoms with Crippen LogP contribution < -0.4 is 14.8 Å². The van der Waals surface area contributed by atoms with Crippen molar-refractivity contribution in [3.63, 3.8) is 0 Å². The molecule has 0 bridgehead atoms. The van der Waals surface area contributed by atoms with Gasteiger partial charge in [-0.3, -0.25) is 19.3 Å². The highest BCUT2D eigenvalue weighted by Crippen LogP contribution is 2.41. The van der Waals surface area contributed by atoms with Gasteiger partial charge in [0.05, 0.1) is 29.5 Å². The average Bonchev–Trinajstić information content (AvgIpc) is 3.24. The van der Waals surface area contributed by atoms with Crippen LogP contribution in [0.5, 0.6) is 11.5 Å². The molecule has 2 heterocycles. The van der Waals surface area contributed by atoms with Crippen LogP contribution in [0.4, 0.5) is 13.8 Å². The number of hydrogen-bond donors (Lipinski definition) is 2. The molecule has 13 heteroatoms. The van der Waals surface area contributed by atoms with Gasteiger partial charge in [0.2, 0.25) is 5.91 Å². The number of nitrogens with one attached hydrogen (secondary N) is 1. The topological polar surface area (TPSA) is 122 Å². The fraction of sp³-hybridized carbons (Fsp3) is 0.350. The molecule has 0 saturated heterocycles. The van der Waals surface area contributed by atoms with Crippen LogP contribution in [-0.4, -0.2) is 50.4 Å². The van der Waals surface area contributed by atoms with E-state index in [0.717, 1.165) is 16.2 Å². The van der Waals surface area contributed by atoms with E-state index in [-0.39, 0.29) is 46.4 Å². The van der Waals surface area contributed by atoms with Gasteiger partial charge in [-0.2, -0.15) is 8.78 Å². The first kappa shape index (κ1) is 24.7. The van der Waals surface area contributed by atoms with Gasteiger partial charge in [0.1, 0.15) is 5.00 Å². The molecule has 0 spiro atoms. The van der Waals surface area contributed by atoms with Crippen molar-refractivity contribution in [3.05, 3.63) is 40.3 Å². The number of benzene rings is 1. The second-order valence-electron chi connectivity index (χ2n) is 6.86. The molecule has 2 N–H and O–H groups in total.